The van der Waals surface area contributed by atoms with E-state index in [9.17, 15) is 0 Å². The van der Waals surface area contributed by atoms with Crippen LogP contribution in [0.15, 0.2) is 66.0 Å². The minimum atomic E-state index is 0.892. The van der Waals surface area contributed by atoms with Gasteiger partial charge in [0, 0.05) is 20.5 Å². The van der Waals surface area contributed by atoms with Gasteiger partial charge in [0.05, 0.1) is 12.0 Å². The number of hydrogen-bond donors (Lipinski definition) is 0. The average Bonchev–Trinajstić information content (AvgIpc) is 3.22. The SMILES string of the molecule is COc1ccc(-c2sc(-c3cccs3)c3ccccc23)cc1. The van der Waals surface area contributed by atoms with Crippen molar-refractivity contribution in [3.63, 3.8) is 0 Å². The van der Waals surface area contributed by atoms with Gasteiger partial charge < -0.3 is 4.74 Å². The molecule has 0 saturated carbocycles. The maximum atomic E-state index is 5.26. The standard InChI is InChI=1S/C19H14OS2/c1-20-14-10-8-13(9-11-14)18-15-5-2-3-6-16(15)19(22-18)17-7-4-12-21-17/h2-12H,1H3. The van der Waals surface area contributed by atoms with Crippen LogP contribution in [-0.2, 0) is 0 Å². The molecule has 0 aliphatic heterocycles. The molecule has 4 rings (SSSR count). The van der Waals surface area contributed by atoms with Crippen LogP contribution >= 0.6 is 22.7 Å². The molecule has 3 heteroatoms. The van der Waals surface area contributed by atoms with Crippen molar-refractivity contribution < 1.29 is 4.74 Å². The average molecular weight is 322 g/mol. The van der Waals surface area contributed by atoms with E-state index in [1.807, 2.05) is 23.5 Å². The molecule has 22 heavy (non-hydrogen) atoms. The van der Waals surface area contributed by atoms with E-state index in [1.54, 1.807) is 18.4 Å². The molecule has 0 atom stereocenters. The lowest BCUT2D eigenvalue weighted by Crippen LogP contribution is -1.81. The third kappa shape index (κ3) is 2.23. The molecule has 108 valence electrons. The maximum Gasteiger partial charge on any atom is 0.118 e. The highest BCUT2D eigenvalue weighted by atomic mass is 32.1. The molecule has 0 aliphatic rings. The number of hydrogen-bond acceptors (Lipinski definition) is 3. The molecule has 0 radical (unpaired) electrons. The third-order valence-electron chi connectivity index (χ3n) is 3.72. The fourth-order valence-electron chi connectivity index (χ4n) is 2.64. The Labute approximate surface area is 137 Å². The summed E-state index contributed by atoms with van der Waals surface area (Å²) in [6.07, 6.45) is 0. The summed E-state index contributed by atoms with van der Waals surface area (Å²) in [7, 11) is 1.70. The fraction of sp³-hybridized carbons (Fsp3) is 0.0526. The first-order chi connectivity index (χ1) is 10.9. The van der Waals surface area contributed by atoms with Crippen LogP contribution in [0.5, 0.6) is 5.75 Å². The van der Waals surface area contributed by atoms with E-state index < -0.39 is 0 Å². The van der Waals surface area contributed by atoms with E-state index in [0.717, 1.165) is 5.75 Å². The summed E-state index contributed by atoms with van der Waals surface area (Å²) in [6, 6.07) is 21.3. The van der Waals surface area contributed by atoms with Gasteiger partial charge in [0.2, 0.25) is 0 Å². The van der Waals surface area contributed by atoms with Crippen LogP contribution in [0.3, 0.4) is 0 Å². The first-order valence-electron chi connectivity index (χ1n) is 7.06. The first-order valence-corrected chi connectivity index (χ1v) is 8.76. The highest BCUT2D eigenvalue weighted by Crippen LogP contribution is 2.45. The Morgan fingerprint density at radius 2 is 1.50 bits per heavy atom. The lowest BCUT2D eigenvalue weighted by Gasteiger charge is -2.02. The van der Waals surface area contributed by atoms with Crippen molar-refractivity contribution in [2.75, 3.05) is 7.11 Å². The van der Waals surface area contributed by atoms with E-state index in [0.29, 0.717) is 0 Å². The number of benzene rings is 2. The Hall–Kier alpha value is -2.10. The maximum absolute atomic E-state index is 5.26. The molecule has 0 spiro atoms. The Morgan fingerprint density at radius 3 is 2.14 bits per heavy atom. The quantitative estimate of drug-likeness (QED) is 0.430. The molecular weight excluding hydrogens is 308 g/mol. The number of methoxy groups -OCH3 is 1. The summed E-state index contributed by atoms with van der Waals surface area (Å²) in [4.78, 5) is 4.01. The molecular formula is C19H14OS2. The number of thiophene rings is 2. The molecule has 1 nitrogen and oxygen atoms in total. The van der Waals surface area contributed by atoms with E-state index >= 15 is 0 Å². The molecule has 0 fully saturated rings. The minimum absolute atomic E-state index is 0.892. The number of fused-ring (bicyclic) bond motifs is 1. The van der Waals surface area contributed by atoms with Crippen molar-refractivity contribution in [1.29, 1.82) is 0 Å². The van der Waals surface area contributed by atoms with E-state index in [1.165, 1.54) is 31.0 Å². The second kappa shape index (κ2) is 5.59. The molecule has 0 N–H and O–H groups in total. The molecule has 0 saturated heterocycles. The van der Waals surface area contributed by atoms with Crippen LogP contribution in [0.4, 0.5) is 0 Å². The van der Waals surface area contributed by atoms with Crippen molar-refractivity contribution in [1.82, 2.24) is 0 Å². The summed E-state index contributed by atoms with van der Waals surface area (Å²) in [6.45, 7) is 0. The summed E-state index contributed by atoms with van der Waals surface area (Å²) >= 11 is 3.66. The molecule has 2 heterocycles. The zero-order valence-corrected chi connectivity index (χ0v) is 13.7. The van der Waals surface area contributed by atoms with Gasteiger partial charge in [-0.1, -0.05) is 30.3 Å². The van der Waals surface area contributed by atoms with Crippen LogP contribution in [0.25, 0.3) is 31.0 Å². The van der Waals surface area contributed by atoms with Gasteiger partial charge in [0.1, 0.15) is 5.75 Å². The number of ether oxygens (including phenoxy) is 1. The Kier molecular flexibility index (Phi) is 3.45. The Bertz CT molecular complexity index is 902. The number of rotatable bonds is 3. The Balaban J connectivity index is 1.94. The van der Waals surface area contributed by atoms with E-state index in [-0.39, 0.29) is 0 Å². The monoisotopic (exact) mass is 322 g/mol. The molecule has 4 aromatic rings. The first kappa shape index (κ1) is 13.6. The van der Waals surface area contributed by atoms with Gasteiger partial charge in [-0.3, -0.25) is 0 Å². The van der Waals surface area contributed by atoms with E-state index in [4.69, 9.17) is 4.74 Å². The molecule has 0 unspecified atom stereocenters. The van der Waals surface area contributed by atoms with Gasteiger partial charge in [0.15, 0.2) is 0 Å². The predicted octanol–water partition coefficient (Wildman–Crippen LogP) is 6.31. The molecule has 0 bridgehead atoms. The van der Waals surface area contributed by atoms with Gasteiger partial charge in [-0.2, -0.15) is 0 Å². The van der Waals surface area contributed by atoms with Crippen LogP contribution < -0.4 is 4.74 Å². The molecule has 2 aromatic heterocycles. The van der Waals surface area contributed by atoms with Crippen LogP contribution in [-0.4, -0.2) is 7.11 Å². The molecule has 0 aliphatic carbocycles. The van der Waals surface area contributed by atoms with Crippen LogP contribution in [0.2, 0.25) is 0 Å². The normalized spacial score (nSPS) is 11.0. The van der Waals surface area contributed by atoms with Crippen LogP contribution in [0.1, 0.15) is 0 Å². The minimum Gasteiger partial charge on any atom is -0.497 e. The van der Waals surface area contributed by atoms with Gasteiger partial charge in [-0.15, -0.1) is 22.7 Å². The second-order valence-electron chi connectivity index (χ2n) is 5.01. The highest BCUT2D eigenvalue weighted by molar-refractivity contribution is 7.25. The topological polar surface area (TPSA) is 9.23 Å². The predicted molar refractivity (Wildman–Crippen MR) is 97.1 cm³/mol. The fourth-order valence-corrected chi connectivity index (χ4v) is 4.79. The van der Waals surface area contributed by atoms with Gasteiger partial charge in [-0.25, -0.2) is 0 Å². The summed E-state index contributed by atoms with van der Waals surface area (Å²) in [5.74, 6) is 0.892. The Morgan fingerprint density at radius 1 is 0.773 bits per heavy atom. The smallest absolute Gasteiger partial charge is 0.118 e. The van der Waals surface area contributed by atoms with E-state index in [2.05, 4.69) is 53.9 Å². The van der Waals surface area contributed by atoms with Gasteiger partial charge >= 0.3 is 0 Å². The summed E-state index contributed by atoms with van der Waals surface area (Å²) in [5, 5.41) is 4.79. The second-order valence-corrected chi connectivity index (χ2v) is 6.98. The lowest BCUT2D eigenvalue weighted by molar-refractivity contribution is 0.415. The zero-order valence-electron chi connectivity index (χ0n) is 12.1. The molecule has 2 aromatic carbocycles. The van der Waals surface area contributed by atoms with Crippen molar-refractivity contribution in [2.24, 2.45) is 0 Å². The summed E-state index contributed by atoms with van der Waals surface area (Å²) in [5.41, 5.74) is 1.24. The largest absolute Gasteiger partial charge is 0.497 e. The lowest BCUT2D eigenvalue weighted by atomic mass is 10.1. The highest BCUT2D eigenvalue weighted by Gasteiger charge is 2.14. The van der Waals surface area contributed by atoms with Crippen LogP contribution in [0, 0.1) is 0 Å². The van der Waals surface area contributed by atoms with Crippen molar-refractivity contribution in [3.8, 4) is 25.9 Å². The third-order valence-corrected chi connectivity index (χ3v) is 6.04. The zero-order chi connectivity index (χ0) is 14.9. The van der Waals surface area contributed by atoms with Crippen molar-refractivity contribution >= 4 is 33.4 Å². The van der Waals surface area contributed by atoms with Crippen molar-refractivity contribution in [3.05, 3.63) is 66.0 Å². The van der Waals surface area contributed by atoms with Gasteiger partial charge in [0.25, 0.3) is 0 Å². The molecule has 0 amide bonds. The van der Waals surface area contributed by atoms with Crippen molar-refractivity contribution in [2.45, 2.75) is 0 Å². The summed E-state index contributed by atoms with van der Waals surface area (Å²) < 4.78 is 5.26. The van der Waals surface area contributed by atoms with Gasteiger partial charge in [-0.05, 0) is 41.3 Å².